The predicted molar refractivity (Wildman–Crippen MR) is 130 cm³/mol. The number of piperidine rings is 2. The zero-order chi connectivity index (χ0) is 23.3. The second-order valence-electron chi connectivity index (χ2n) is 11.0. The molecule has 3 atom stereocenters. The fraction of sp³-hybridized carbons (Fsp3) is 0.680. The van der Waals surface area contributed by atoms with E-state index in [1.54, 1.807) is 12.1 Å². The minimum atomic E-state index is -0.121. The fourth-order valence-corrected chi connectivity index (χ4v) is 6.04. The van der Waals surface area contributed by atoms with E-state index in [4.69, 9.17) is 25.7 Å². The van der Waals surface area contributed by atoms with Gasteiger partial charge in [-0.3, -0.25) is 4.79 Å². The number of nitrogens with zero attached hydrogens (tertiary/aromatic N) is 3. The normalized spacial score (nSPS) is 28.8. The first-order chi connectivity index (χ1) is 15.7. The van der Waals surface area contributed by atoms with Gasteiger partial charge in [0.05, 0.1) is 24.8 Å². The maximum absolute atomic E-state index is 13.4. The van der Waals surface area contributed by atoms with Gasteiger partial charge in [-0.1, -0.05) is 38.8 Å². The first kappa shape index (κ1) is 22.9. The lowest BCUT2D eigenvalue weighted by atomic mass is 9.82. The molecule has 2 unspecified atom stereocenters. The molecule has 3 saturated heterocycles. The summed E-state index contributed by atoms with van der Waals surface area (Å²) in [6, 6.07) is 5.39. The molecule has 1 amide bonds. The lowest BCUT2D eigenvalue weighted by Crippen LogP contribution is -2.55. The molecule has 0 spiro atoms. The van der Waals surface area contributed by atoms with Gasteiger partial charge in [0.15, 0.2) is 5.58 Å². The van der Waals surface area contributed by atoms with Crippen LogP contribution in [0.2, 0.25) is 5.02 Å². The summed E-state index contributed by atoms with van der Waals surface area (Å²) in [5.41, 5.74) is 1.59. The molecule has 0 radical (unpaired) electrons. The van der Waals surface area contributed by atoms with E-state index in [1.807, 2.05) is 0 Å². The Balaban J connectivity index is 1.42. The number of amides is 1. The molecule has 180 valence electrons. The summed E-state index contributed by atoms with van der Waals surface area (Å²) in [5, 5.41) is 3.76. The largest absolute Gasteiger partial charge is 0.423 e. The van der Waals surface area contributed by atoms with Gasteiger partial charge in [-0.2, -0.15) is 4.98 Å². The Morgan fingerprint density at radius 3 is 2.64 bits per heavy atom. The van der Waals surface area contributed by atoms with Crippen LogP contribution in [0.1, 0.15) is 63.2 Å². The second-order valence-corrected chi connectivity index (χ2v) is 11.4. The van der Waals surface area contributed by atoms with E-state index in [-0.39, 0.29) is 23.4 Å². The third-order valence-electron chi connectivity index (χ3n) is 7.74. The van der Waals surface area contributed by atoms with Gasteiger partial charge in [-0.15, -0.1) is 0 Å². The number of nitrogens with one attached hydrogen (secondary N) is 1. The summed E-state index contributed by atoms with van der Waals surface area (Å²) in [5.74, 6) is -0.121. The van der Waals surface area contributed by atoms with E-state index < -0.39 is 0 Å². The van der Waals surface area contributed by atoms with Crippen molar-refractivity contribution in [1.82, 2.24) is 15.2 Å². The summed E-state index contributed by atoms with van der Waals surface area (Å²) in [7, 11) is 2.22. The molecule has 3 aliphatic heterocycles. The zero-order valence-electron chi connectivity index (χ0n) is 20.1. The maximum atomic E-state index is 13.4. The molecule has 8 heteroatoms. The van der Waals surface area contributed by atoms with Crippen LogP contribution in [0.5, 0.6) is 0 Å². The summed E-state index contributed by atoms with van der Waals surface area (Å²) < 4.78 is 11.9. The molecule has 7 nitrogen and oxygen atoms in total. The highest BCUT2D eigenvalue weighted by Gasteiger charge is 2.38. The van der Waals surface area contributed by atoms with Crippen molar-refractivity contribution >= 4 is 34.6 Å². The van der Waals surface area contributed by atoms with Crippen LogP contribution < -0.4 is 10.2 Å². The highest BCUT2D eigenvalue weighted by atomic mass is 35.5. The molecule has 5 rings (SSSR count). The summed E-state index contributed by atoms with van der Waals surface area (Å²) >= 11 is 6.40. The number of anilines is 1. The van der Waals surface area contributed by atoms with E-state index in [1.165, 1.54) is 19.3 Å². The van der Waals surface area contributed by atoms with Crippen LogP contribution in [-0.2, 0) is 4.74 Å². The van der Waals surface area contributed by atoms with Gasteiger partial charge >= 0.3 is 0 Å². The SMILES string of the molecule is CN1C2CCCC1CC(NC(=O)c1cc(Cl)cc3oc(N4CCOC[C@@H]4C(C)(C)C)nc13)C2. The third-order valence-corrected chi connectivity index (χ3v) is 7.96. The number of oxazole rings is 1. The maximum Gasteiger partial charge on any atom is 0.298 e. The Bertz CT molecular complexity index is 1020. The number of hydrogen-bond donors (Lipinski definition) is 1. The van der Waals surface area contributed by atoms with Crippen molar-refractivity contribution in [2.45, 2.75) is 77.0 Å². The number of carbonyl (C=O) groups excluding carboxylic acids is 1. The number of ether oxygens (including phenoxy) is 1. The van der Waals surface area contributed by atoms with Crippen molar-refractivity contribution < 1.29 is 13.9 Å². The van der Waals surface area contributed by atoms with Crippen molar-refractivity contribution in [3.05, 3.63) is 22.7 Å². The Labute approximate surface area is 200 Å². The van der Waals surface area contributed by atoms with Crippen LogP contribution in [0.3, 0.4) is 0 Å². The molecule has 2 aromatic rings. The number of fused-ring (bicyclic) bond motifs is 3. The number of rotatable bonds is 3. The Morgan fingerprint density at radius 2 is 1.94 bits per heavy atom. The van der Waals surface area contributed by atoms with Crippen LogP contribution in [0.25, 0.3) is 11.1 Å². The van der Waals surface area contributed by atoms with Crippen molar-refractivity contribution in [1.29, 1.82) is 0 Å². The topological polar surface area (TPSA) is 70.8 Å². The first-order valence-corrected chi connectivity index (χ1v) is 12.6. The van der Waals surface area contributed by atoms with Crippen LogP contribution in [-0.4, -0.2) is 66.8 Å². The fourth-order valence-electron chi connectivity index (χ4n) is 5.83. The van der Waals surface area contributed by atoms with E-state index in [2.05, 4.69) is 42.9 Å². The van der Waals surface area contributed by atoms with E-state index in [0.717, 1.165) is 12.8 Å². The van der Waals surface area contributed by atoms with Gasteiger partial charge in [-0.25, -0.2) is 0 Å². The molecule has 33 heavy (non-hydrogen) atoms. The smallest absolute Gasteiger partial charge is 0.298 e. The van der Waals surface area contributed by atoms with Crippen molar-refractivity contribution in [2.24, 2.45) is 5.41 Å². The molecule has 3 fully saturated rings. The zero-order valence-corrected chi connectivity index (χ0v) is 20.8. The quantitative estimate of drug-likeness (QED) is 0.707. The molecular formula is C25H35ClN4O3. The van der Waals surface area contributed by atoms with E-state index in [9.17, 15) is 4.79 Å². The molecule has 0 aliphatic carbocycles. The van der Waals surface area contributed by atoms with Gasteiger partial charge in [0.2, 0.25) is 0 Å². The summed E-state index contributed by atoms with van der Waals surface area (Å²) in [6.45, 7) is 8.51. The monoisotopic (exact) mass is 474 g/mol. The summed E-state index contributed by atoms with van der Waals surface area (Å²) in [6.07, 6.45) is 5.69. The number of morpholine rings is 1. The van der Waals surface area contributed by atoms with Crippen molar-refractivity contribution in [3.63, 3.8) is 0 Å². The van der Waals surface area contributed by atoms with Crippen LogP contribution in [0.15, 0.2) is 16.5 Å². The minimum absolute atomic E-state index is 0.00880. The Morgan fingerprint density at radius 1 is 1.21 bits per heavy atom. The molecule has 1 aromatic heterocycles. The van der Waals surface area contributed by atoms with Crippen LogP contribution >= 0.6 is 11.6 Å². The Hall–Kier alpha value is -1.83. The van der Waals surface area contributed by atoms with Gasteiger partial charge in [-0.05, 0) is 44.2 Å². The number of halogens is 1. The highest BCUT2D eigenvalue weighted by Crippen LogP contribution is 2.35. The molecule has 0 saturated carbocycles. The number of aromatic nitrogens is 1. The molecule has 1 N–H and O–H groups in total. The van der Waals surface area contributed by atoms with Gasteiger partial charge in [0.25, 0.3) is 11.9 Å². The standard InChI is InChI=1S/C25H35ClN4O3/c1-25(2,3)21-14-32-9-8-30(21)24-28-22-19(10-15(26)11-20(22)33-24)23(31)27-16-12-17-6-5-7-18(13-16)29(17)4/h10-11,16-18,21H,5-9,12-14H2,1-4H3,(H,27,31)/t16?,17?,18?,21-/m1/s1. The molecule has 3 aliphatic rings. The first-order valence-electron chi connectivity index (χ1n) is 12.2. The molecule has 4 heterocycles. The van der Waals surface area contributed by atoms with Crippen molar-refractivity contribution in [2.75, 3.05) is 31.7 Å². The van der Waals surface area contributed by atoms with Crippen LogP contribution in [0.4, 0.5) is 6.01 Å². The van der Waals surface area contributed by atoms with Gasteiger partial charge in [0, 0.05) is 35.8 Å². The molecular weight excluding hydrogens is 440 g/mol. The number of benzene rings is 1. The third kappa shape index (κ3) is 4.47. The lowest BCUT2D eigenvalue weighted by molar-refractivity contribution is 0.0463. The number of carbonyl (C=O) groups is 1. The predicted octanol–water partition coefficient (Wildman–Crippen LogP) is 4.48. The lowest BCUT2D eigenvalue weighted by Gasteiger charge is -2.47. The minimum Gasteiger partial charge on any atom is -0.423 e. The van der Waals surface area contributed by atoms with Crippen LogP contribution in [0, 0.1) is 5.41 Å². The summed E-state index contributed by atoms with van der Waals surface area (Å²) in [4.78, 5) is 22.9. The average molecular weight is 475 g/mol. The van der Waals surface area contributed by atoms with Gasteiger partial charge in [0.1, 0.15) is 5.52 Å². The Kier molecular flexibility index (Phi) is 6.08. The highest BCUT2D eigenvalue weighted by molar-refractivity contribution is 6.32. The average Bonchev–Trinajstić information content (AvgIpc) is 3.17. The molecule has 2 bridgehead atoms. The van der Waals surface area contributed by atoms with Gasteiger partial charge < -0.3 is 24.3 Å². The second kappa shape index (κ2) is 8.75. The van der Waals surface area contributed by atoms with E-state index >= 15 is 0 Å². The molecule has 1 aromatic carbocycles. The van der Waals surface area contributed by atoms with E-state index in [0.29, 0.717) is 59.5 Å². The van der Waals surface area contributed by atoms with Crippen molar-refractivity contribution in [3.8, 4) is 0 Å². The number of hydrogen-bond acceptors (Lipinski definition) is 6.